The first-order valence-electron chi connectivity index (χ1n) is 7.63. The second-order valence-electron chi connectivity index (χ2n) is 5.82. The standard InChI is InChI=1S/C16H23N5/c1-20-10-6-5-7-13(20)11-17-15-9-4-3-8-14(15)16-19-18-12-21(16)2/h3-4,8-9,12-13,17H,5-7,10-11H2,1-2H3. The predicted octanol–water partition coefficient (Wildman–Crippen LogP) is 2.38. The number of nitrogens with one attached hydrogen (secondary N) is 1. The van der Waals surface area contributed by atoms with Crippen LogP contribution >= 0.6 is 0 Å². The molecule has 5 nitrogen and oxygen atoms in total. The van der Waals surface area contributed by atoms with Crippen molar-refractivity contribution in [3.8, 4) is 11.4 Å². The third kappa shape index (κ3) is 3.08. The highest BCUT2D eigenvalue weighted by Gasteiger charge is 2.19. The van der Waals surface area contributed by atoms with Crippen molar-refractivity contribution in [3.05, 3.63) is 30.6 Å². The molecule has 1 unspecified atom stereocenters. The average molecular weight is 285 g/mol. The number of piperidine rings is 1. The molecule has 1 aliphatic rings. The molecule has 0 saturated carbocycles. The maximum absolute atomic E-state index is 4.22. The Kier molecular flexibility index (Phi) is 4.20. The van der Waals surface area contributed by atoms with E-state index in [1.807, 2.05) is 17.7 Å². The summed E-state index contributed by atoms with van der Waals surface area (Å²) in [5.41, 5.74) is 2.24. The van der Waals surface area contributed by atoms with Gasteiger partial charge in [0.25, 0.3) is 0 Å². The van der Waals surface area contributed by atoms with E-state index in [2.05, 4.69) is 45.7 Å². The highest BCUT2D eigenvalue weighted by molar-refractivity contribution is 5.73. The second kappa shape index (κ2) is 6.26. The molecule has 2 heterocycles. The van der Waals surface area contributed by atoms with E-state index in [1.54, 1.807) is 6.33 Å². The summed E-state index contributed by atoms with van der Waals surface area (Å²) in [6, 6.07) is 8.93. The van der Waals surface area contributed by atoms with E-state index in [0.29, 0.717) is 6.04 Å². The zero-order valence-electron chi connectivity index (χ0n) is 12.8. The molecule has 1 aliphatic heterocycles. The number of hydrogen-bond donors (Lipinski definition) is 1. The summed E-state index contributed by atoms with van der Waals surface area (Å²) in [6.45, 7) is 2.18. The molecule has 0 spiro atoms. The Morgan fingerprint density at radius 3 is 2.86 bits per heavy atom. The number of likely N-dealkylation sites (tertiary alicyclic amines) is 1. The molecule has 0 radical (unpaired) electrons. The molecule has 1 N–H and O–H groups in total. The van der Waals surface area contributed by atoms with Crippen molar-refractivity contribution in [3.63, 3.8) is 0 Å². The minimum absolute atomic E-state index is 0.617. The van der Waals surface area contributed by atoms with Gasteiger partial charge in [0.1, 0.15) is 6.33 Å². The lowest BCUT2D eigenvalue weighted by Gasteiger charge is -2.33. The molecular weight excluding hydrogens is 262 g/mol. The number of aryl methyl sites for hydroxylation is 1. The van der Waals surface area contributed by atoms with E-state index in [4.69, 9.17) is 0 Å². The molecule has 1 saturated heterocycles. The van der Waals surface area contributed by atoms with E-state index in [1.165, 1.54) is 25.8 Å². The number of para-hydroxylation sites is 1. The van der Waals surface area contributed by atoms with Crippen molar-refractivity contribution < 1.29 is 0 Å². The highest BCUT2D eigenvalue weighted by Crippen LogP contribution is 2.26. The monoisotopic (exact) mass is 285 g/mol. The molecule has 5 heteroatoms. The van der Waals surface area contributed by atoms with E-state index in [-0.39, 0.29) is 0 Å². The fourth-order valence-electron chi connectivity index (χ4n) is 2.99. The largest absolute Gasteiger partial charge is 0.383 e. The van der Waals surface area contributed by atoms with Crippen molar-refractivity contribution in [1.29, 1.82) is 0 Å². The van der Waals surface area contributed by atoms with Gasteiger partial charge in [0, 0.05) is 30.9 Å². The number of hydrogen-bond acceptors (Lipinski definition) is 4. The molecule has 21 heavy (non-hydrogen) atoms. The smallest absolute Gasteiger partial charge is 0.165 e. The van der Waals surface area contributed by atoms with Crippen molar-refractivity contribution in [1.82, 2.24) is 19.7 Å². The fraction of sp³-hybridized carbons (Fsp3) is 0.500. The lowest BCUT2D eigenvalue weighted by atomic mass is 10.0. The van der Waals surface area contributed by atoms with Crippen molar-refractivity contribution in [2.45, 2.75) is 25.3 Å². The molecule has 0 aliphatic carbocycles. The third-order valence-electron chi connectivity index (χ3n) is 4.33. The molecule has 1 aromatic heterocycles. The van der Waals surface area contributed by atoms with Crippen molar-refractivity contribution >= 4 is 5.69 Å². The first-order valence-corrected chi connectivity index (χ1v) is 7.63. The normalized spacial score (nSPS) is 19.6. The van der Waals surface area contributed by atoms with Gasteiger partial charge < -0.3 is 14.8 Å². The van der Waals surface area contributed by atoms with Gasteiger partial charge in [0.05, 0.1) is 0 Å². The van der Waals surface area contributed by atoms with Crippen LogP contribution in [0.4, 0.5) is 5.69 Å². The van der Waals surface area contributed by atoms with Gasteiger partial charge in [-0.3, -0.25) is 0 Å². The number of likely N-dealkylation sites (N-methyl/N-ethyl adjacent to an activating group) is 1. The van der Waals surface area contributed by atoms with Crippen LogP contribution in [0.25, 0.3) is 11.4 Å². The molecule has 1 atom stereocenters. The molecule has 112 valence electrons. The number of anilines is 1. The summed E-state index contributed by atoms with van der Waals surface area (Å²) in [5, 5.41) is 11.8. The maximum atomic E-state index is 4.22. The first kappa shape index (κ1) is 14.1. The van der Waals surface area contributed by atoms with Crippen LogP contribution in [0.15, 0.2) is 30.6 Å². The molecule has 1 fully saturated rings. The summed E-state index contributed by atoms with van der Waals surface area (Å²) in [5.74, 6) is 0.898. The van der Waals surface area contributed by atoms with Crippen LogP contribution in [0.1, 0.15) is 19.3 Å². The summed E-state index contributed by atoms with van der Waals surface area (Å²) >= 11 is 0. The molecule has 0 amide bonds. The lowest BCUT2D eigenvalue weighted by Crippen LogP contribution is -2.40. The Bertz CT molecular complexity index is 592. The molecule has 3 rings (SSSR count). The van der Waals surface area contributed by atoms with Gasteiger partial charge in [-0.2, -0.15) is 0 Å². The van der Waals surface area contributed by atoms with Crippen LogP contribution in [0.2, 0.25) is 0 Å². The van der Waals surface area contributed by atoms with Gasteiger partial charge in [-0.15, -0.1) is 10.2 Å². The minimum atomic E-state index is 0.617. The van der Waals surface area contributed by atoms with Gasteiger partial charge in [-0.25, -0.2) is 0 Å². The molecule has 0 bridgehead atoms. The Labute approximate surface area is 126 Å². The van der Waals surface area contributed by atoms with Crippen LogP contribution in [-0.4, -0.2) is 45.8 Å². The summed E-state index contributed by atoms with van der Waals surface area (Å²) in [6.07, 6.45) is 5.67. The quantitative estimate of drug-likeness (QED) is 0.937. The second-order valence-corrected chi connectivity index (χ2v) is 5.82. The minimum Gasteiger partial charge on any atom is -0.383 e. The zero-order chi connectivity index (χ0) is 14.7. The number of nitrogens with zero attached hydrogens (tertiary/aromatic N) is 4. The lowest BCUT2D eigenvalue weighted by molar-refractivity contribution is 0.194. The van der Waals surface area contributed by atoms with E-state index in [0.717, 1.165) is 23.6 Å². The van der Waals surface area contributed by atoms with Crippen LogP contribution in [0.5, 0.6) is 0 Å². The van der Waals surface area contributed by atoms with Crippen LogP contribution in [0.3, 0.4) is 0 Å². The van der Waals surface area contributed by atoms with Crippen molar-refractivity contribution in [2.24, 2.45) is 7.05 Å². The summed E-state index contributed by atoms with van der Waals surface area (Å²) in [4.78, 5) is 2.46. The van der Waals surface area contributed by atoms with Gasteiger partial charge in [-0.05, 0) is 38.6 Å². The highest BCUT2D eigenvalue weighted by atomic mass is 15.2. The number of rotatable bonds is 4. The van der Waals surface area contributed by atoms with Crippen molar-refractivity contribution in [2.75, 3.05) is 25.5 Å². The van der Waals surface area contributed by atoms with Gasteiger partial charge >= 0.3 is 0 Å². The topological polar surface area (TPSA) is 46.0 Å². The van der Waals surface area contributed by atoms with Crippen LogP contribution < -0.4 is 5.32 Å². The van der Waals surface area contributed by atoms with Gasteiger partial charge in [0.2, 0.25) is 0 Å². The maximum Gasteiger partial charge on any atom is 0.165 e. The molecular formula is C16H23N5. The Morgan fingerprint density at radius 2 is 2.10 bits per heavy atom. The number of benzene rings is 1. The van der Waals surface area contributed by atoms with Gasteiger partial charge in [-0.1, -0.05) is 18.6 Å². The number of aromatic nitrogens is 3. The summed E-state index contributed by atoms with van der Waals surface area (Å²) in [7, 11) is 4.20. The van der Waals surface area contributed by atoms with E-state index >= 15 is 0 Å². The fourth-order valence-corrected chi connectivity index (χ4v) is 2.99. The zero-order valence-corrected chi connectivity index (χ0v) is 12.8. The predicted molar refractivity (Wildman–Crippen MR) is 85.2 cm³/mol. The third-order valence-corrected chi connectivity index (χ3v) is 4.33. The van der Waals surface area contributed by atoms with Gasteiger partial charge in [0.15, 0.2) is 5.82 Å². The van der Waals surface area contributed by atoms with E-state index < -0.39 is 0 Å². The summed E-state index contributed by atoms with van der Waals surface area (Å²) < 4.78 is 1.95. The SMILES string of the molecule is CN1CCCCC1CNc1ccccc1-c1nncn1C. The Morgan fingerprint density at radius 1 is 1.24 bits per heavy atom. The van der Waals surface area contributed by atoms with Crippen LogP contribution in [-0.2, 0) is 7.05 Å². The Balaban J connectivity index is 1.75. The molecule has 2 aromatic rings. The van der Waals surface area contributed by atoms with Crippen LogP contribution in [0, 0.1) is 0 Å². The van der Waals surface area contributed by atoms with E-state index in [9.17, 15) is 0 Å². The average Bonchev–Trinajstić information content (AvgIpc) is 2.93. The first-order chi connectivity index (χ1) is 10.3. The Hall–Kier alpha value is -1.88. The molecule has 1 aromatic carbocycles.